The molecule has 3 N–H and O–H groups in total. The standard InChI is InChI=1S/C14H9BrN2O3/c15-10-3-1-9(7-16)11(6-10)17-14(20)8-2-4-12(18)13(19)5-8/h1-6,18-19H,(H,17,20). The fourth-order valence-electron chi connectivity index (χ4n) is 1.58. The Hall–Kier alpha value is -2.52. The molecule has 0 atom stereocenters. The van der Waals surface area contributed by atoms with Crippen LogP contribution in [0, 0.1) is 11.3 Å². The van der Waals surface area contributed by atoms with E-state index in [2.05, 4.69) is 21.2 Å². The Labute approximate surface area is 123 Å². The fraction of sp³-hybridized carbons (Fsp3) is 0. The number of nitrogens with one attached hydrogen (secondary N) is 1. The van der Waals surface area contributed by atoms with Gasteiger partial charge in [-0.15, -0.1) is 0 Å². The minimum atomic E-state index is -0.491. The second kappa shape index (κ2) is 5.63. The van der Waals surface area contributed by atoms with Crippen LogP contribution in [0.2, 0.25) is 0 Å². The van der Waals surface area contributed by atoms with Crippen molar-refractivity contribution in [2.45, 2.75) is 0 Å². The fourth-order valence-corrected chi connectivity index (χ4v) is 1.94. The van der Waals surface area contributed by atoms with E-state index < -0.39 is 5.91 Å². The van der Waals surface area contributed by atoms with Crippen molar-refractivity contribution in [1.82, 2.24) is 0 Å². The quantitative estimate of drug-likeness (QED) is 0.737. The zero-order valence-electron chi connectivity index (χ0n) is 10.1. The average Bonchev–Trinajstić information content (AvgIpc) is 2.42. The number of rotatable bonds is 2. The summed E-state index contributed by atoms with van der Waals surface area (Å²) in [7, 11) is 0. The Morgan fingerprint density at radius 2 is 1.90 bits per heavy atom. The van der Waals surface area contributed by atoms with Crippen LogP contribution in [0.25, 0.3) is 0 Å². The molecule has 0 unspecified atom stereocenters. The number of anilines is 1. The Kier molecular flexibility index (Phi) is 3.91. The molecule has 0 heterocycles. The molecule has 6 heteroatoms. The number of nitrogens with zero attached hydrogens (tertiary/aromatic N) is 1. The van der Waals surface area contributed by atoms with E-state index in [0.29, 0.717) is 11.3 Å². The number of phenols is 2. The van der Waals surface area contributed by atoms with Gasteiger partial charge in [0.05, 0.1) is 11.3 Å². The van der Waals surface area contributed by atoms with Gasteiger partial charge in [-0.2, -0.15) is 5.26 Å². The van der Waals surface area contributed by atoms with Crippen LogP contribution in [0.15, 0.2) is 40.9 Å². The number of aromatic hydroxyl groups is 2. The molecule has 0 bridgehead atoms. The predicted octanol–water partition coefficient (Wildman–Crippen LogP) is 2.98. The first kappa shape index (κ1) is 13.9. The summed E-state index contributed by atoms with van der Waals surface area (Å²) < 4.78 is 0.723. The van der Waals surface area contributed by atoms with Crippen LogP contribution in [0.4, 0.5) is 5.69 Å². The van der Waals surface area contributed by atoms with Gasteiger partial charge in [0.15, 0.2) is 11.5 Å². The zero-order valence-corrected chi connectivity index (χ0v) is 11.7. The molecule has 100 valence electrons. The molecule has 1 amide bonds. The molecule has 0 aliphatic carbocycles. The lowest BCUT2D eigenvalue weighted by molar-refractivity contribution is 0.102. The number of benzene rings is 2. The number of amides is 1. The first-order valence-electron chi connectivity index (χ1n) is 5.54. The predicted molar refractivity (Wildman–Crippen MR) is 76.6 cm³/mol. The summed E-state index contributed by atoms with van der Waals surface area (Å²) in [6.07, 6.45) is 0. The van der Waals surface area contributed by atoms with E-state index in [1.165, 1.54) is 12.1 Å². The van der Waals surface area contributed by atoms with Gasteiger partial charge < -0.3 is 15.5 Å². The van der Waals surface area contributed by atoms with Crippen molar-refractivity contribution < 1.29 is 15.0 Å². The van der Waals surface area contributed by atoms with Crippen molar-refractivity contribution in [3.63, 3.8) is 0 Å². The maximum Gasteiger partial charge on any atom is 0.255 e. The molecule has 0 radical (unpaired) electrons. The van der Waals surface area contributed by atoms with Crippen molar-refractivity contribution in [3.8, 4) is 17.6 Å². The minimum Gasteiger partial charge on any atom is -0.504 e. The van der Waals surface area contributed by atoms with E-state index in [4.69, 9.17) is 5.26 Å². The molecular formula is C14H9BrN2O3. The van der Waals surface area contributed by atoms with Gasteiger partial charge in [0.1, 0.15) is 6.07 Å². The van der Waals surface area contributed by atoms with Gasteiger partial charge in [-0.25, -0.2) is 0 Å². The monoisotopic (exact) mass is 332 g/mol. The summed E-state index contributed by atoms with van der Waals surface area (Å²) in [5, 5.41) is 30.1. The third-order valence-corrected chi connectivity index (χ3v) is 3.08. The van der Waals surface area contributed by atoms with Gasteiger partial charge in [0, 0.05) is 10.0 Å². The van der Waals surface area contributed by atoms with Crippen LogP contribution in [0.3, 0.4) is 0 Å². The van der Waals surface area contributed by atoms with Gasteiger partial charge in [-0.1, -0.05) is 15.9 Å². The average molecular weight is 333 g/mol. The van der Waals surface area contributed by atoms with Crippen LogP contribution >= 0.6 is 15.9 Å². The molecule has 2 rings (SSSR count). The molecule has 0 fully saturated rings. The topological polar surface area (TPSA) is 93.4 Å². The Bertz CT molecular complexity index is 723. The van der Waals surface area contributed by atoms with Gasteiger partial charge in [-0.05, 0) is 36.4 Å². The third kappa shape index (κ3) is 2.90. The molecule has 0 aromatic heterocycles. The molecule has 20 heavy (non-hydrogen) atoms. The van der Waals surface area contributed by atoms with E-state index in [-0.39, 0.29) is 17.1 Å². The van der Waals surface area contributed by atoms with Crippen molar-refractivity contribution in [2.24, 2.45) is 0 Å². The highest BCUT2D eigenvalue weighted by Crippen LogP contribution is 2.26. The van der Waals surface area contributed by atoms with Crippen molar-refractivity contribution in [2.75, 3.05) is 5.32 Å². The molecule has 2 aromatic carbocycles. The number of hydrogen-bond acceptors (Lipinski definition) is 4. The smallest absolute Gasteiger partial charge is 0.255 e. The van der Waals surface area contributed by atoms with Crippen LogP contribution < -0.4 is 5.32 Å². The van der Waals surface area contributed by atoms with Crippen LogP contribution in [-0.4, -0.2) is 16.1 Å². The lowest BCUT2D eigenvalue weighted by atomic mass is 10.1. The molecule has 2 aromatic rings. The van der Waals surface area contributed by atoms with Crippen LogP contribution in [-0.2, 0) is 0 Å². The van der Waals surface area contributed by atoms with E-state index in [9.17, 15) is 15.0 Å². The maximum absolute atomic E-state index is 12.0. The van der Waals surface area contributed by atoms with Crippen molar-refractivity contribution in [3.05, 3.63) is 52.0 Å². The highest BCUT2D eigenvalue weighted by molar-refractivity contribution is 9.10. The normalized spacial score (nSPS) is 9.80. The van der Waals surface area contributed by atoms with E-state index >= 15 is 0 Å². The Morgan fingerprint density at radius 1 is 1.15 bits per heavy atom. The zero-order chi connectivity index (χ0) is 14.7. The summed E-state index contributed by atoms with van der Waals surface area (Å²) >= 11 is 3.26. The third-order valence-electron chi connectivity index (χ3n) is 2.59. The second-order valence-corrected chi connectivity index (χ2v) is 4.88. The van der Waals surface area contributed by atoms with Crippen LogP contribution in [0.5, 0.6) is 11.5 Å². The van der Waals surface area contributed by atoms with E-state index in [0.717, 1.165) is 10.5 Å². The molecule has 5 nitrogen and oxygen atoms in total. The number of carbonyl (C=O) groups is 1. The highest BCUT2D eigenvalue weighted by atomic mass is 79.9. The molecule has 0 saturated heterocycles. The summed E-state index contributed by atoms with van der Waals surface area (Å²) in [6, 6.07) is 10.6. The maximum atomic E-state index is 12.0. The summed E-state index contributed by atoms with van der Waals surface area (Å²) in [5.74, 6) is -1.18. The molecular weight excluding hydrogens is 324 g/mol. The number of phenolic OH excluding ortho intramolecular Hbond substituents is 2. The minimum absolute atomic E-state index is 0.171. The number of carbonyl (C=O) groups excluding carboxylic acids is 1. The SMILES string of the molecule is N#Cc1ccc(Br)cc1NC(=O)c1ccc(O)c(O)c1. The summed E-state index contributed by atoms with van der Waals surface area (Å²) in [6.45, 7) is 0. The van der Waals surface area contributed by atoms with Crippen molar-refractivity contribution >= 4 is 27.5 Å². The molecule has 0 spiro atoms. The van der Waals surface area contributed by atoms with Gasteiger partial charge in [0.2, 0.25) is 0 Å². The van der Waals surface area contributed by atoms with Crippen LogP contribution in [0.1, 0.15) is 15.9 Å². The highest BCUT2D eigenvalue weighted by Gasteiger charge is 2.11. The van der Waals surface area contributed by atoms with Gasteiger partial charge in [-0.3, -0.25) is 4.79 Å². The van der Waals surface area contributed by atoms with E-state index in [1.54, 1.807) is 18.2 Å². The summed E-state index contributed by atoms with van der Waals surface area (Å²) in [4.78, 5) is 12.0. The molecule has 0 saturated carbocycles. The largest absolute Gasteiger partial charge is 0.504 e. The van der Waals surface area contributed by atoms with E-state index in [1.807, 2.05) is 6.07 Å². The Morgan fingerprint density at radius 3 is 2.55 bits per heavy atom. The molecule has 0 aliphatic heterocycles. The first-order chi connectivity index (χ1) is 9.51. The number of halogens is 1. The lowest BCUT2D eigenvalue weighted by Crippen LogP contribution is -2.12. The second-order valence-electron chi connectivity index (χ2n) is 3.96. The summed E-state index contributed by atoms with van der Waals surface area (Å²) in [5.41, 5.74) is 0.855. The molecule has 0 aliphatic rings. The van der Waals surface area contributed by atoms with Crippen molar-refractivity contribution in [1.29, 1.82) is 5.26 Å². The number of hydrogen-bond donors (Lipinski definition) is 3. The van der Waals surface area contributed by atoms with Gasteiger partial charge >= 0.3 is 0 Å². The Balaban J connectivity index is 2.30. The first-order valence-corrected chi connectivity index (χ1v) is 6.33. The number of nitriles is 1. The van der Waals surface area contributed by atoms with Gasteiger partial charge in [0.25, 0.3) is 5.91 Å². The lowest BCUT2D eigenvalue weighted by Gasteiger charge is -2.08.